The van der Waals surface area contributed by atoms with Crippen LogP contribution < -0.4 is 20.3 Å². The Hall–Kier alpha value is -1.79. The fourth-order valence-corrected chi connectivity index (χ4v) is 4.25. The van der Waals surface area contributed by atoms with E-state index in [1.807, 2.05) is 30.1 Å². The molecule has 0 radical (unpaired) electrons. The van der Waals surface area contributed by atoms with Gasteiger partial charge in [0.25, 0.3) is 0 Å². The minimum absolute atomic E-state index is 0.0469. The molecule has 2 atom stereocenters. The summed E-state index contributed by atoms with van der Waals surface area (Å²) in [5, 5.41) is 0. The maximum absolute atomic E-state index is 13.0. The molecule has 2 fully saturated rings. The summed E-state index contributed by atoms with van der Waals surface area (Å²) < 4.78 is 11.3. The first-order chi connectivity index (χ1) is 12.2. The van der Waals surface area contributed by atoms with Crippen molar-refractivity contribution in [3.05, 3.63) is 23.8 Å². The van der Waals surface area contributed by atoms with E-state index in [4.69, 9.17) is 9.47 Å². The van der Waals surface area contributed by atoms with Crippen LogP contribution in [0.2, 0.25) is 0 Å². The molecule has 6 heteroatoms. The monoisotopic (exact) mass is 345 g/mol. The van der Waals surface area contributed by atoms with Crippen LogP contribution in [0.5, 0.6) is 11.5 Å². The number of amides is 1. The van der Waals surface area contributed by atoms with Crippen LogP contribution in [0.4, 0.5) is 0 Å². The van der Waals surface area contributed by atoms with Crippen molar-refractivity contribution in [2.45, 2.75) is 31.7 Å². The van der Waals surface area contributed by atoms with Gasteiger partial charge in [-0.05, 0) is 36.5 Å². The number of nitrogens with zero attached hydrogens (tertiary/aromatic N) is 1. The lowest BCUT2D eigenvalue weighted by Crippen LogP contribution is -2.39. The zero-order valence-corrected chi connectivity index (χ0v) is 14.8. The first-order valence-corrected chi connectivity index (χ1v) is 9.35. The Morgan fingerprint density at radius 1 is 1.20 bits per heavy atom. The summed E-state index contributed by atoms with van der Waals surface area (Å²) in [5.41, 5.74) is 7.48. The van der Waals surface area contributed by atoms with Crippen LogP contribution in [0.3, 0.4) is 0 Å². The number of rotatable bonds is 4. The maximum Gasteiger partial charge on any atom is 0.228 e. The van der Waals surface area contributed by atoms with Crippen molar-refractivity contribution in [2.24, 2.45) is 11.8 Å². The third kappa shape index (κ3) is 3.46. The summed E-state index contributed by atoms with van der Waals surface area (Å²) in [6, 6.07) is 5.91. The van der Waals surface area contributed by atoms with Crippen LogP contribution >= 0.6 is 0 Å². The van der Waals surface area contributed by atoms with Crippen molar-refractivity contribution in [3.8, 4) is 11.5 Å². The molecular formula is C19H27N3O3. The molecule has 2 heterocycles. The van der Waals surface area contributed by atoms with Crippen molar-refractivity contribution >= 4 is 5.91 Å². The number of hydrogen-bond acceptors (Lipinski definition) is 5. The number of carbonyl (C=O) groups is 1. The molecule has 136 valence electrons. The van der Waals surface area contributed by atoms with E-state index in [1.54, 1.807) is 0 Å². The highest BCUT2D eigenvalue weighted by Crippen LogP contribution is 2.36. The molecule has 1 aromatic rings. The third-order valence-electron chi connectivity index (χ3n) is 5.61. The summed E-state index contributed by atoms with van der Waals surface area (Å²) in [6.07, 6.45) is 5.12. The highest BCUT2D eigenvalue weighted by molar-refractivity contribution is 5.80. The van der Waals surface area contributed by atoms with E-state index in [0.29, 0.717) is 25.7 Å². The average Bonchev–Trinajstić information content (AvgIpc) is 3.32. The molecule has 0 spiro atoms. The Morgan fingerprint density at radius 3 is 2.76 bits per heavy atom. The van der Waals surface area contributed by atoms with Crippen molar-refractivity contribution in [2.75, 3.05) is 33.4 Å². The molecule has 2 N–H and O–H groups in total. The molecule has 6 nitrogen and oxygen atoms in total. The van der Waals surface area contributed by atoms with Crippen molar-refractivity contribution in [1.82, 2.24) is 15.8 Å². The van der Waals surface area contributed by atoms with Crippen molar-refractivity contribution in [1.29, 1.82) is 0 Å². The second-order valence-electron chi connectivity index (χ2n) is 7.38. The lowest BCUT2D eigenvalue weighted by molar-refractivity contribution is -0.134. The quantitative estimate of drug-likeness (QED) is 0.872. The van der Waals surface area contributed by atoms with Crippen molar-refractivity contribution < 1.29 is 14.3 Å². The van der Waals surface area contributed by atoms with Gasteiger partial charge in [0.1, 0.15) is 13.2 Å². The Labute approximate surface area is 148 Å². The van der Waals surface area contributed by atoms with Gasteiger partial charge in [-0.25, -0.2) is 5.43 Å². The number of ether oxygens (including phenoxy) is 2. The predicted octanol–water partition coefficient (Wildman–Crippen LogP) is 1.87. The fourth-order valence-electron chi connectivity index (χ4n) is 4.25. The van der Waals surface area contributed by atoms with Crippen LogP contribution in [-0.4, -0.2) is 44.2 Å². The molecule has 0 aromatic heterocycles. The smallest absolute Gasteiger partial charge is 0.228 e. The lowest BCUT2D eigenvalue weighted by Gasteiger charge is -2.27. The van der Waals surface area contributed by atoms with Crippen LogP contribution in [0, 0.1) is 11.8 Å². The SMILES string of the molecule is CN(CC1CCCC1)C(=O)C1CNNC1c1ccc2c(c1)OCCO2. The van der Waals surface area contributed by atoms with E-state index in [-0.39, 0.29) is 17.9 Å². The second kappa shape index (κ2) is 7.22. The molecule has 1 saturated carbocycles. The molecule has 1 aromatic carbocycles. The van der Waals surface area contributed by atoms with Gasteiger partial charge >= 0.3 is 0 Å². The normalized spacial score (nSPS) is 26.0. The minimum Gasteiger partial charge on any atom is -0.486 e. The molecule has 1 aliphatic carbocycles. The highest BCUT2D eigenvalue weighted by atomic mass is 16.6. The number of fused-ring (bicyclic) bond motifs is 1. The van der Waals surface area contributed by atoms with Gasteiger partial charge in [-0.2, -0.15) is 0 Å². The highest BCUT2D eigenvalue weighted by Gasteiger charge is 2.36. The molecule has 2 aliphatic heterocycles. The molecule has 4 rings (SSSR count). The first-order valence-electron chi connectivity index (χ1n) is 9.35. The molecular weight excluding hydrogens is 318 g/mol. The van der Waals surface area contributed by atoms with Crippen LogP contribution in [0.1, 0.15) is 37.3 Å². The number of nitrogens with one attached hydrogen (secondary N) is 2. The number of hydrazine groups is 1. The van der Waals surface area contributed by atoms with E-state index in [2.05, 4.69) is 10.9 Å². The second-order valence-corrected chi connectivity index (χ2v) is 7.38. The average molecular weight is 345 g/mol. The fraction of sp³-hybridized carbons (Fsp3) is 0.632. The number of benzene rings is 1. The topological polar surface area (TPSA) is 62.8 Å². The van der Waals surface area contributed by atoms with E-state index >= 15 is 0 Å². The van der Waals surface area contributed by atoms with Gasteiger partial charge in [-0.3, -0.25) is 10.2 Å². The molecule has 1 amide bonds. The van der Waals surface area contributed by atoms with Gasteiger partial charge in [0.2, 0.25) is 5.91 Å². The molecule has 2 unspecified atom stereocenters. The molecule has 25 heavy (non-hydrogen) atoms. The van der Waals surface area contributed by atoms with Gasteiger partial charge in [-0.1, -0.05) is 18.9 Å². The summed E-state index contributed by atoms with van der Waals surface area (Å²) in [4.78, 5) is 14.9. The van der Waals surface area contributed by atoms with Gasteiger partial charge in [0, 0.05) is 20.1 Å². The summed E-state index contributed by atoms with van der Waals surface area (Å²) in [5.74, 6) is 2.33. The predicted molar refractivity (Wildman–Crippen MR) is 94.4 cm³/mol. The van der Waals surface area contributed by atoms with Crippen LogP contribution in [0.25, 0.3) is 0 Å². The zero-order valence-electron chi connectivity index (χ0n) is 14.8. The Bertz CT molecular complexity index is 630. The Balaban J connectivity index is 1.47. The van der Waals surface area contributed by atoms with E-state index in [9.17, 15) is 4.79 Å². The van der Waals surface area contributed by atoms with Gasteiger partial charge in [-0.15, -0.1) is 0 Å². The molecule has 1 saturated heterocycles. The van der Waals surface area contributed by atoms with Crippen molar-refractivity contribution in [3.63, 3.8) is 0 Å². The van der Waals surface area contributed by atoms with Crippen LogP contribution in [-0.2, 0) is 4.79 Å². The number of hydrogen-bond donors (Lipinski definition) is 2. The Morgan fingerprint density at radius 2 is 1.96 bits per heavy atom. The first kappa shape index (κ1) is 16.7. The zero-order chi connectivity index (χ0) is 17.2. The van der Waals surface area contributed by atoms with E-state index in [1.165, 1.54) is 25.7 Å². The van der Waals surface area contributed by atoms with E-state index < -0.39 is 0 Å². The summed E-state index contributed by atoms with van der Waals surface area (Å²) >= 11 is 0. The molecule has 3 aliphatic rings. The number of carbonyl (C=O) groups excluding carboxylic acids is 1. The standard InChI is InChI=1S/C19H27N3O3/c1-22(12-13-4-2-3-5-13)19(23)15-11-20-21-18(15)14-6-7-16-17(10-14)25-9-8-24-16/h6-7,10,13,15,18,20-21H,2-5,8-9,11-12H2,1H3. The van der Waals surface area contributed by atoms with Gasteiger partial charge < -0.3 is 14.4 Å². The van der Waals surface area contributed by atoms with Gasteiger partial charge in [0.15, 0.2) is 11.5 Å². The largest absolute Gasteiger partial charge is 0.486 e. The summed E-state index contributed by atoms with van der Waals surface area (Å²) in [7, 11) is 1.94. The van der Waals surface area contributed by atoms with Gasteiger partial charge in [0.05, 0.1) is 12.0 Å². The molecule has 0 bridgehead atoms. The Kier molecular flexibility index (Phi) is 4.81. The maximum atomic E-state index is 13.0. The van der Waals surface area contributed by atoms with Crippen LogP contribution in [0.15, 0.2) is 18.2 Å². The third-order valence-corrected chi connectivity index (χ3v) is 5.61. The minimum atomic E-state index is -0.103. The summed E-state index contributed by atoms with van der Waals surface area (Å²) in [6.45, 7) is 2.68. The lowest BCUT2D eigenvalue weighted by atomic mass is 9.93. The van der Waals surface area contributed by atoms with E-state index in [0.717, 1.165) is 23.6 Å².